The molecule has 0 radical (unpaired) electrons. The number of hydrogen-bond donors (Lipinski definition) is 0. The Morgan fingerprint density at radius 2 is 1.71 bits per heavy atom. The van der Waals surface area contributed by atoms with Crippen molar-refractivity contribution in [2.45, 2.75) is 57.8 Å². The summed E-state index contributed by atoms with van der Waals surface area (Å²) in [6.07, 6.45) is 8.35. The molecule has 0 aromatic heterocycles. The Morgan fingerprint density at radius 1 is 0.958 bits per heavy atom. The molecule has 126 valence electrons. The van der Waals surface area contributed by atoms with E-state index < -0.39 is 11.6 Å². The van der Waals surface area contributed by atoms with E-state index in [0.717, 1.165) is 22.6 Å². The van der Waals surface area contributed by atoms with Gasteiger partial charge in [0, 0.05) is 12.0 Å². The van der Waals surface area contributed by atoms with Gasteiger partial charge >= 0.3 is 0 Å². The van der Waals surface area contributed by atoms with Crippen LogP contribution in [0.1, 0.15) is 68.1 Å². The monoisotopic (exact) mass is 326 g/mol. The average molecular weight is 326 g/mol. The Morgan fingerprint density at radius 3 is 2.46 bits per heavy atom. The molecule has 2 aromatic rings. The first-order valence-corrected chi connectivity index (χ1v) is 9.27. The second-order valence-electron chi connectivity index (χ2n) is 7.49. The quantitative estimate of drug-likeness (QED) is 0.508. The Hall–Kier alpha value is -1.70. The van der Waals surface area contributed by atoms with Crippen LogP contribution in [0.5, 0.6) is 0 Å². The summed E-state index contributed by atoms with van der Waals surface area (Å²) < 4.78 is 27.6. The van der Waals surface area contributed by atoms with Gasteiger partial charge in [0.15, 0.2) is 11.6 Å². The van der Waals surface area contributed by atoms with E-state index in [4.69, 9.17) is 0 Å². The van der Waals surface area contributed by atoms with E-state index in [2.05, 4.69) is 25.1 Å². The van der Waals surface area contributed by atoms with Crippen LogP contribution in [-0.2, 0) is 6.42 Å². The van der Waals surface area contributed by atoms with Gasteiger partial charge in [-0.05, 0) is 65.8 Å². The number of benzene rings is 2. The van der Waals surface area contributed by atoms with E-state index in [1.165, 1.54) is 50.2 Å². The average Bonchev–Trinajstić information content (AvgIpc) is 2.98. The summed E-state index contributed by atoms with van der Waals surface area (Å²) in [7, 11) is 0. The largest absolute Gasteiger partial charge is 0.204 e. The molecule has 0 unspecified atom stereocenters. The molecule has 1 fully saturated rings. The summed E-state index contributed by atoms with van der Waals surface area (Å²) in [5.41, 5.74) is 5.00. The standard InChI is InChI=1S/C22H24F2/c1-2-3-14-4-6-15(7-5-14)16-8-9-18-17(12-16)13-20-19(18)10-11-21(23)22(20)24/h8-12,14-15H,2-7,13H2,1H3/t14-,15-. The van der Waals surface area contributed by atoms with Gasteiger partial charge in [-0.25, -0.2) is 8.78 Å². The molecule has 0 atom stereocenters. The van der Waals surface area contributed by atoms with Gasteiger partial charge in [-0.15, -0.1) is 0 Å². The molecule has 1 saturated carbocycles. The molecule has 2 aliphatic carbocycles. The Labute approximate surface area is 142 Å². The maximum atomic E-state index is 14.1. The van der Waals surface area contributed by atoms with Crippen LogP contribution in [0.15, 0.2) is 30.3 Å². The highest BCUT2D eigenvalue weighted by molar-refractivity contribution is 5.77. The number of halogens is 2. The van der Waals surface area contributed by atoms with Crippen LogP contribution in [0, 0.1) is 17.6 Å². The maximum Gasteiger partial charge on any atom is 0.162 e. The SMILES string of the molecule is CCC[C@H]1CC[C@H](c2ccc3c(c2)Cc2c-3ccc(F)c2F)CC1. The van der Waals surface area contributed by atoms with Crippen molar-refractivity contribution >= 4 is 0 Å². The predicted molar refractivity (Wildman–Crippen MR) is 94.2 cm³/mol. The Kier molecular flexibility index (Phi) is 4.15. The second-order valence-corrected chi connectivity index (χ2v) is 7.49. The first-order valence-electron chi connectivity index (χ1n) is 9.27. The zero-order chi connectivity index (χ0) is 16.7. The lowest BCUT2D eigenvalue weighted by molar-refractivity contribution is 0.308. The van der Waals surface area contributed by atoms with E-state index in [1.54, 1.807) is 6.07 Å². The second kappa shape index (κ2) is 6.31. The van der Waals surface area contributed by atoms with Crippen LogP contribution >= 0.6 is 0 Å². The van der Waals surface area contributed by atoms with Crippen LogP contribution in [0.3, 0.4) is 0 Å². The van der Waals surface area contributed by atoms with Crippen molar-refractivity contribution in [2.24, 2.45) is 5.92 Å². The molecule has 2 heteroatoms. The van der Waals surface area contributed by atoms with Crippen molar-refractivity contribution in [3.63, 3.8) is 0 Å². The minimum atomic E-state index is -0.740. The third-order valence-electron chi connectivity index (χ3n) is 6.00. The van der Waals surface area contributed by atoms with Gasteiger partial charge in [0.1, 0.15) is 0 Å². The Balaban J connectivity index is 1.56. The van der Waals surface area contributed by atoms with Gasteiger partial charge in [-0.1, -0.05) is 44.0 Å². The lowest BCUT2D eigenvalue weighted by atomic mass is 9.77. The molecule has 0 bridgehead atoms. The normalized spacial score (nSPS) is 22.3. The van der Waals surface area contributed by atoms with Gasteiger partial charge in [0.2, 0.25) is 0 Å². The first-order chi connectivity index (χ1) is 11.7. The van der Waals surface area contributed by atoms with Gasteiger partial charge in [-0.2, -0.15) is 0 Å². The Bertz CT molecular complexity index is 755. The molecule has 2 aromatic carbocycles. The van der Waals surface area contributed by atoms with E-state index in [0.29, 0.717) is 17.9 Å². The summed E-state index contributed by atoms with van der Waals surface area (Å²) in [5.74, 6) is 0.122. The number of rotatable bonds is 3. The fourth-order valence-electron chi connectivity index (χ4n) is 4.68. The third-order valence-corrected chi connectivity index (χ3v) is 6.00. The van der Waals surface area contributed by atoms with Crippen molar-refractivity contribution in [3.8, 4) is 11.1 Å². The van der Waals surface area contributed by atoms with Gasteiger partial charge in [0.05, 0.1) is 0 Å². The highest BCUT2D eigenvalue weighted by Crippen LogP contribution is 2.42. The topological polar surface area (TPSA) is 0 Å². The molecule has 2 aliphatic rings. The van der Waals surface area contributed by atoms with E-state index in [-0.39, 0.29) is 0 Å². The zero-order valence-electron chi connectivity index (χ0n) is 14.2. The maximum absolute atomic E-state index is 14.1. The van der Waals surface area contributed by atoms with E-state index in [1.807, 2.05) is 0 Å². The highest BCUT2D eigenvalue weighted by Gasteiger charge is 2.26. The fourth-order valence-corrected chi connectivity index (χ4v) is 4.68. The third kappa shape index (κ3) is 2.66. The van der Waals surface area contributed by atoms with Crippen LogP contribution in [-0.4, -0.2) is 0 Å². The predicted octanol–water partition coefficient (Wildman–Crippen LogP) is 6.61. The smallest absolute Gasteiger partial charge is 0.162 e. The molecule has 0 heterocycles. The zero-order valence-corrected chi connectivity index (χ0v) is 14.2. The van der Waals surface area contributed by atoms with Crippen molar-refractivity contribution in [1.82, 2.24) is 0 Å². The van der Waals surface area contributed by atoms with Crippen LogP contribution in [0.25, 0.3) is 11.1 Å². The van der Waals surface area contributed by atoms with Gasteiger partial charge < -0.3 is 0 Å². The molecule has 0 N–H and O–H groups in total. The molecule has 24 heavy (non-hydrogen) atoms. The van der Waals surface area contributed by atoms with E-state index in [9.17, 15) is 8.78 Å². The summed E-state index contributed by atoms with van der Waals surface area (Å²) in [6, 6.07) is 9.53. The molecule has 0 nitrogen and oxygen atoms in total. The highest BCUT2D eigenvalue weighted by atomic mass is 19.2. The molecule has 0 amide bonds. The van der Waals surface area contributed by atoms with Crippen LogP contribution in [0.4, 0.5) is 8.78 Å². The molecule has 0 spiro atoms. The lowest BCUT2D eigenvalue weighted by Crippen LogP contribution is -2.13. The van der Waals surface area contributed by atoms with Crippen molar-refractivity contribution in [2.75, 3.05) is 0 Å². The molecular formula is C22H24F2. The summed E-state index contributed by atoms with van der Waals surface area (Å²) in [6.45, 7) is 2.27. The van der Waals surface area contributed by atoms with Crippen molar-refractivity contribution in [3.05, 3.63) is 58.7 Å². The van der Waals surface area contributed by atoms with Crippen molar-refractivity contribution in [1.29, 1.82) is 0 Å². The van der Waals surface area contributed by atoms with E-state index >= 15 is 0 Å². The molecule has 0 aliphatic heterocycles. The molecule has 0 saturated heterocycles. The van der Waals surface area contributed by atoms with Gasteiger partial charge in [0.25, 0.3) is 0 Å². The van der Waals surface area contributed by atoms with Crippen molar-refractivity contribution < 1.29 is 8.78 Å². The summed E-state index contributed by atoms with van der Waals surface area (Å²) >= 11 is 0. The number of fused-ring (bicyclic) bond motifs is 3. The van der Waals surface area contributed by atoms with Crippen LogP contribution in [0.2, 0.25) is 0 Å². The molecular weight excluding hydrogens is 302 g/mol. The summed E-state index contributed by atoms with van der Waals surface area (Å²) in [4.78, 5) is 0. The fraction of sp³-hybridized carbons (Fsp3) is 0.455. The minimum Gasteiger partial charge on any atom is -0.204 e. The molecule has 4 rings (SSSR count). The minimum absolute atomic E-state index is 0.521. The first kappa shape index (κ1) is 15.8. The van der Waals surface area contributed by atoms with Crippen LogP contribution < -0.4 is 0 Å². The number of hydrogen-bond acceptors (Lipinski definition) is 0. The summed E-state index contributed by atoms with van der Waals surface area (Å²) in [5, 5.41) is 0. The lowest BCUT2D eigenvalue weighted by Gasteiger charge is -2.29. The van der Waals surface area contributed by atoms with Gasteiger partial charge in [-0.3, -0.25) is 0 Å².